The highest BCUT2D eigenvalue weighted by atomic mass is 32.1. The summed E-state index contributed by atoms with van der Waals surface area (Å²) in [6, 6.07) is 0.404. The predicted octanol–water partition coefficient (Wildman–Crippen LogP) is 8.32. The highest BCUT2D eigenvalue weighted by Crippen LogP contribution is 2.40. The van der Waals surface area contributed by atoms with Crippen molar-refractivity contribution in [2.45, 2.75) is 113 Å². The third-order valence-corrected chi connectivity index (χ3v) is 4.78. The summed E-state index contributed by atoms with van der Waals surface area (Å²) in [5.74, 6) is 1.98. The van der Waals surface area contributed by atoms with Crippen molar-refractivity contribution in [1.29, 1.82) is 0 Å². The Kier molecular flexibility index (Phi) is 9.49. The van der Waals surface area contributed by atoms with Crippen molar-refractivity contribution >= 4 is 12.2 Å². The third kappa shape index (κ3) is 4.71. The topological polar surface area (TPSA) is 4.93 Å². The van der Waals surface area contributed by atoms with Gasteiger partial charge in [0.2, 0.25) is 0 Å². The van der Waals surface area contributed by atoms with E-state index in [4.69, 9.17) is 12.2 Å². The lowest BCUT2D eigenvalue weighted by Crippen LogP contribution is -2.21. The molecule has 0 radical (unpaired) electrons. The molecule has 1 aromatic rings. The molecular weight excluding hydrogens is 310 g/mol. The summed E-state index contributed by atoms with van der Waals surface area (Å²) in [5.41, 5.74) is 5.89. The molecule has 0 aliphatic rings. The lowest BCUT2D eigenvalue weighted by molar-refractivity contribution is 0.521. The lowest BCUT2D eigenvalue weighted by Gasteiger charge is -2.32. The summed E-state index contributed by atoms with van der Waals surface area (Å²) in [4.78, 5) is 0. The van der Waals surface area contributed by atoms with Crippen molar-refractivity contribution in [3.63, 3.8) is 0 Å². The van der Waals surface area contributed by atoms with E-state index < -0.39 is 0 Å². The Labute approximate surface area is 156 Å². The normalized spacial score (nSPS) is 11.7. The Morgan fingerprint density at radius 2 is 0.958 bits per heavy atom. The molecule has 1 rings (SSSR count). The number of nitrogens with zero attached hydrogens (tertiary/aromatic N) is 1. The highest BCUT2D eigenvalue weighted by Gasteiger charge is 2.26. The van der Waals surface area contributed by atoms with Gasteiger partial charge in [0.15, 0.2) is 0 Å². The molecule has 0 aromatic carbocycles. The number of hydrogen-bond donors (Lipinski definition) is 0. The Morgan fingerprint density at radius 1 is 0.583 bits per heavy atom. The first-order valence-corrected chi connectivity index (χ1v) is 10.2. The van der Waals surface area contributed by atoms with Gasteiger partial charge in [0.1, 0.15) is 4.64 Å². The van der Waals surface area contributed by atoms with Crippen molar-refractivity contribution in [2.75, 3.05) is 0 Å². The van der Waals surface area contributed by atoms with Crippen molar-refractivity contribution in [2.24, 2.45) is 0 Å². The summed E-state index contributed by atoms with van der Waals surface area (Å²) >= 11 is 5.97. The van der Waals surface area contributed by atoms with E-state index in [1.807, 2.05) is 13.8 Å². The van der Waals surface area contributed by atoms with E-state index in [9.17, 15) is 0 Å². The first-order chi connectivity index (χ1) is 11.0. The minimum Gasteiger partial charge on any atom is -0.333 e. The first-order valence-electron chi connectivity index (χ1n) is 9.84. The second kappa shape index (κ2) is 9.75. The summed E-state index contributed by atoms with van der Waals surface area (Å²) in [7, 11) is 0. The average molecular weight is 352 g/mol. The van der Waals surface area contributed by atoms with Crippen LogP contribution in [-0.4, -0.2) is 4.57 Å². The van der Waals surface area contributed by atoms with Crippen LogP contribution in [0.1, 0.15) is 135 Å². The third-order valence-electron chi connectivity index (χ3n) is 4.36. The molecule has 1 heterocycles. The van der Waals surface area contributed by atoms with Gasteiger partial charge < -0.3 is 4.57 Å². The predicted molar refractivity (Wildman–Crippen MR) is 113 cm³/mol. The summed E-state index contributed by atoms with van der Waals surface area (Å²) in [6.45, 7) is 26.9. The van der Waals surface area contributed by atoms with Crippen LogP contribution in [0.4, 0.5) is 0 Å². The molecule has 0 atom stereocenters. The van der Waals surface area contributed by atoms with Crippen LogP contribution in [0.25, 0.3) is 0 Å². The molecular formula is C22H41NS. The van der Waals surface area contributed by atoms with Crippen LogP contribution in [0, 0.1) is 4.64 Å². The van der Waals surface area contributed by atoms with Crippen molar-refractivity contribution in [3.8, 4) is 0 Å². The molecule has 2 heteroatoms. The fourth-order valence-electron chi connectivity index (χ4n) is 3.66. The van der Waals surface area contributed by atoms with Gasteiger partial charge in [-0.05, 0) is 54.2 Å². The summed E-state index contributed by atoms with van der Waals surface area (Å²) in [5, 5.41) is 0. The van der Waals surface area contributed by atoms with Crippen LogP contribution >= 0.6 is 12.2 Å². The molecule has 1 nitrogen and oxygen atoms in total. The van der Waals surface area contributed by atoms with Gasteiger partial charge in [-0.15, -0.1) is 0 Å². The van der Waals surface area contributed by atoms with Crippen LogP contribution in [0.15, 0.2) is 0 Å². The number of hydrogen-bond acceptors (Lipinski definition) is 1. The average Bonchev–Trinajstić information content (AvgIpc) is 2.46. The first kappa shape index (κ1) is 23.4. The number of pyridine rings is 1. The molecule has 24 heavy (non-hydrogen) atoms. The van der Waals surface area contributed by atoms with E-state index in [-0.39, 0.29) is 0 Å². The van der Waals surface area contributed by atoms with Gasteiger partial charge in [0, 0.05) is 11.7 Å². The SMILES string of the molecule is CC.CC(C)c1c(C(C)C)c(C(C)C)n(C(C)C)c(=S)c1C(C)C. The van der Waals surface area contributed by atoms with Gasteiger partial charge in [-0.25, -0.2) is 0 Å². The zero-order valence-corrected chi connectivity index (χ0v) is 19.1. The van der Waals surface area contributed by atoms with Crippen molar-refractivity contribution < 1.29 is 0 Å². The minimum atomic E-state index is 0.404. The Hall–Kier alpha value is -0.630. The van der Waals surface area contributed by atoms with Gasteiger partial charge in [-0.2, -0.15) is 0 Å². The molecule has 1 aromatic heterocycles. The van der Waals surface area contributed by atoms with Crippen LogP contribution in [0.2, 0.25) is 0 Å². The molecule has 0 spiro atoms. The highest BCUT2D eigenvalue weighted by molar-refractivity contribution is 7.71. The van der Waals surface area contributed by atoms with E-state index >= 15 is 0 Å². The molecule has 0 aliphatic heterocycles. The van der Waals surface area contributed by atoms with Gasteiger partial charge >= 0.3 is 0 Å². The van der Waals surface area contributed by atoms with Crippen LogP contribution in [0.5, 0.6) is 0 Å². The quantitative estimate of drug-likeness (QED) is 0.483. The van der Waals surface area contributed by atoms with Gasteiger partial charge in [0.25, 0.3) is 0 Å². The second-order valence-electron chi connectivity index (χ2n) is 8.01. The molecule has 0 saturated carbocycles. The molecule has 0 bridgehead atoms. The molecule has 0 saturated heterocycles. The van der Waals surface area contributed by atoms with Crippen LogP contribution in [-0.2, 0) is 0 Å². The van der Waals surface area contributed by atoms with Crippen molar-refractivity contribution in [3.05, 3.63) is 27.0 Å². The summed E-state index contributed by atoms with van der Waals surface area (Å²) in [6.07, 6.45) is 0. The molecule has 0 N–H and O–H groups in total. The maximum Gasteiger partial charge on any atom is 0.110 e. The van der Waals surface area contributed by atoms with E-state index in [0.29, 0.717) is 29.7 Å². The molecule has 0 aliphatic carbocycles. The fourth-order valence-corrected chi connectivity index (χ4v) is 4.31. The zero-order valence-electron chi connectivity index (χ0n) is 18.2. The Morgan fingerprint density at radius 3 is 1.21 bits per heavy atom. The van der Waals surface area contributed by atoms with E-state index in [2.05, 4.69) is 73.8 Å². The molecule has 0 unspecified atom stereocenters. The molecule has 0 fully saturated rings. The monoisotopic (exact) mass is 351 g/mol. The molecule has 0 amide bonds. The summed E-state index contributed by atoms with van der Waals surface area (Å²) < 4.78 is 3.48. The Balaban J connectivity index is 0.00000254. The lowest BCUT2D eigenvalue weighted by atomic mass is 9.81. The van der Waals surface area contributed by atoms with Gasteiger partial charge in [-0.1, -0.05) is 81.5 Å². The van der Waals surface area contributed by atoms with Gasteiger partial charge in [-0.3, -0.25) is 0 Å². The maximum absolute atomic E-state index is 5.97. The molecule has 140 valence electrons. The van der Waals surface area contributed by atoms with E-state index in [1.54, 1.807) is 0 Å². The largest absolute Gasteiger partial charge is 0.333 e. The standard InChI is InChI=1S/C20H35NS.C2H6/c1-11(2)16-17(12(3)4)19(14(7)8)21(15(9)10)20(22)18(16)13(5)6;1-2/h11-15H,1-10H3;1-2H3. The van der Waals surface area contributed by atoms with Crippen molar-refractivity contribution in [1.82, 2.24) is 4.57 Å². The zero-order chi connectivity index (χ0) is 19.4. The Bertz CT molecular complexity index is 530. The minimum absolute atomic E-state index is 0.404. The maximum atomic E-state index is 5.97. The second-order valence-corrected chi connectivity index (χ2v) is 8.40. The van der Waals surface area contributed by atoms with Crippen LogP contribution in [0.3, 0.4) is 0 Å². The van der Waals surface area contributed by atoms with Gasteiger partial charge in [0.05, 0.1) is 0 Å². The fraction of sp³-hybridized carbons (Fsp3) is 0.773. The van der Waals surface area contributed by atoms with E-state index in [1.165, 1.54) is 22.4 Å². The number of aromatic nitrogens is 1. The van der Waals surface area contributed by atoms with Crippen LogP contribution < -0.4 is 0 Å². The number of rotatable bonds is 5. The smallest absolute Gasteiger partial charge is 0.110 e. The van der Waals surface area contributed by atoms with E-state index in [0.717, 1.165) is 4.64 Å².